The van der Waals surface area contributed by atoms with Gasteiger partial charge in [-0.1, -0.05) is 0 Å². The molecule has 2 heterocycles. The van der Waals surface area contributed by atoms with Crippen molar-refractivity contribution in [1.82, 2.24) is 10.3 Å². The SMILES string of the molecule is CN1N=C2CNCCC2C1=O.Cl.Cl. The van der Waals surface area contributed by atoms with E-state index in [9.17, 15) is 4.79 Å². The average Bonchev–Trinajstić information content (AvgIpc) is 2.30. The van der Waals surface area contributed by atoms with Gasteiger partial charge in [0, 0.05) is 13.6 Å². The third-order valence-electron chi connectivity index (χ3n) is 2.21. The molecule has 2 aliphatic heterocycles. The summed E-state index contributed by atoms with van der Waals surface area (Å²) in [4.78, 5) is 11.3. The van der Waals surface area contributed by atoms with Gasteiger partial charge in [0.25, 0.3) is 5.91 Å². The molecule has 1 saturated heterocycles. The van der Waals surface area contributed by atoms with Gasteiger partial charge in [0.2, 0.25) is 0 Å². The van der Waals surface area contributed by atoms with Crippen molar-refractivity contribution in [2.75, 3.05) is 20.1 Å². The second kappa shape index (κ2) is 4.79. The number of carbonyl (C=O) groups excluding carboxylic acids is 1. The number of nitrogens with one attached hydrogen (secondary N) is 1. The second-order valence-corrected chi connectivity index (χ2v) is 2.97. The molecule has 4 nitrogen and oxygen atoms in total. The molecule has 0 aromatic heterocycles. The Labute approximate surface area is 89.6 Å². The van der Waals surface area contributed by atoms with E-state index in [2.05, 4.69) is 10.4 Å². The van der Waals surface area contributed by atoms with Crippen molar-refractivity contribution in [3.63, 3.8) is 0 Å². The Kier molecular flexibility index (Phi) is 4.67. The quantitative estimate of drug-likeness (QED) is 0.644. The van der Waals surface area contributed by atoms with Crippen LogP contribution in [0.4, 0.5) is 0 Å². The van der Waals surface area contributed by atoms with Crippen LogP contribution in [0.25, 0.3) is 0 Å². The highest BCUT2D eigenvalue weighted by Crippen LogP contribution is 2.18. The lowest BCUT2D eigenvalue weighted by Crippen LogP contribution is -2.38. The minimum absolute atomic E-state index is 0. The van der Waals surface area contributed by atoms with Crippen molar-refractivity contribution in [1.29, 1.82) is 0 Å². The van der Waals surface area contributed by atoms with E-state index in [1.807, 2.05) is 0 Å². The predicted octanol–water partition coefficient (Wildman–Crippen LogP) is 0.268. The van der Waals surface area contributed by atoms with Gasteiger partial charge >= 0.3 is 0 Å². The Balaban J connectivity index is 0.000000720. The first kappa shape index (κ1) is 12.7. The van der Waals surface area contributed by atoms with E-state index in [1.54, 1.807) is 7.05 Å². The minimum atomic E-state index is 0. The zero-order valence-electron chi connectivity index (χ0n) is 7.32. The lowest BCUT2D eigenvalue weighted by molar-refractivity contribution is -0.130. The number of hydrogen-bond donors (Lipinski definition) is 1. The van der Waals surface area contributed by atoms with E-state index in [1.165, 1.54) is 5.01 Å². The maximum atomic E-state index is 11.3. The van der Waals surface area contributed by atoms with Gasteiger partial charge in [0.1, 0.15) is 0 Å². The molecule has 0 aromatic rings. The minimum Gasteiger partial charge on any atom is -0.311 e. The smallest absolute Gasteiger partial charge is 0.251 e. The molecular weight excluding hydrogens is 213 g/mol. The van der Waals surface area contributed by atoms with Crippen LogP contribution in [0.15, 0.2) is 5.10 Å². The summed E-state index contributed by atoms with van der Waals surface area (Å²) in [5, 5.41) is 8.77. The molecule has 1 fully saturated rings. The summed E-state index contributed by atoms with van der Waals surface area (Å²) in [7, 11) is 1.72. The average molecular weight is 226 g/mol. The normalized spacial score (nSPS) is 25.6. The summed E-state index contributed by atoms with van der Waals surface area (Å²) in [6.45, 7) is 1.71. The van der Waals surface area contributed by atoms with Crippen LogP contribution in [0.2, 0.25) is 0 Å². The third-order valence-corrected chi connectivity index (χ3v) is 2.21. The molecule has 0 radical (unpaired) electrons. The Hall–Kier alpha value is -0.320. The number of carbonyl (C=O) groups is 1. The van der Waals surface area contributed by atoms with Gasteiger partial charge in [-0.2, -0.15) is 5.10 Å². The molecule has 2 rings (SSSR count). The van der Waals surface area contributed by atoms with E-state index in [0.717, 1.165) is 25.2 Å². The van der Waals surface area contributed by atoms with Gasteiger partial charge in [-0.3, -0.25) is 4.79 Å². The van der Waals surface area contributed by atoms with Crippen molar-refractivity contribution in [2.24, 2.45) is 11.0 Å². The number of hydrazone groups is 1. The summed E-state index contributed by atoms with van der Waals surface area (Å²) >= 11 is 0. The van der Waals surface area contributed by atoms with Gasteiger partial charge in [0.05, 0.1) is 11.6 Å². The van der Waals surface area contributed by atoms with E-state index >= 15 is 0 Å². The first-order chi connectivity index (χ1) is 5.29. The number of rotatable bonds is 0. The molecule has 2 aliphatic rings. The van der Waals surface area contributed by atoms with E-state index < -0.39 is 0 Å². The van der Waals surface area contributed by atoms with Gasteiger partial charge in [-0.05, 0) is 13.0 Å². The molecular formula is C7H13Cl2N3O. The predicted molar refractivity (Wildman–Crippen MR) is 55.7 cm³/mol. The van der Waals surface area contributed by atoms with E-state index in [4.69, 9.17) is 0 Å². The van der Waals surface area contributed by atoms with Crippen molar-refractivity contribution in [3.05, 3.63) is 0 Å². The van der Waals surface area contributed by atoms with Gasteiger partial charge in [-0.15, -0.1) is 24.8 Å². The summed E-state index contributed by atoms with van der Waals surface area (Å²) < 4.78 is 0. The zero-order chi connectivity index (χ0) is 7.84. The van der Waals surface area contributed by atoms with Crippen LogP contribution in [0.3, 0.4) is 0 Å². The summed E-state index contributed by atoms with van der Waals surface area (Å²) in [6, 6.07) is 0. The van der Waals surface area contributed by atoms with Gasteiger partial charge < -0.3 is 5.32 Å². The molecule has 76 valence electrons. The largest absolute Gasteiger partial charge is 0.311 e. The molecule has 1 N–H and O–H groups in total. The Morgan fingerprint density at radius 1 is 1.54 bits per heavy atom. The molecule has 1 unspecified atom stereocenters. The number of fused-ring (bicyclic) bond motifs is 1. The molecule has 0 aromatic carbocycles. The van der Waals surface area contributed by atoms with Gasteiger partial charge in [0.15, 0.2) is 0 Å². The number of halogens is 2. The fourth-order valence-corrected chi connectivity index (χ4v) is 1.59. The highest BCUT2D eigenvalue weighted by Gasteiger charge is 2.34. The van der Waals surface area contributed by atoms with Crippen molar-refractivity contribution >= 4 is 36.4 Å². The van der Waals surface area contributed by atoms with Crippen LogP contribution in [-0.2, 0) is 4.79 Å². The molecule has 1 amide bonds. The zero-order valence-corrected chi connectivity index (χ0v) is 8.95. The fraction of sp³-hybridized carbons (Fsp3) is 0.714. The number of hydrogen-bond acceptors (Lipinski definition) is 3. The second-order valence-electron chi connectivity index (χ2n) is 2.97. The highest BCUT2D eigenvalue weighted by molar-refractivity contribution is 6.09. The Morgan fingerprint density at radius 2 is 2.23 bits per heavy atom. The number of piperidine rings is 1. The molecule has 0 bridgehead atoms. The van der Waals surface area contributed by atoms with E-state index in [-0.39, 0.29) is 36.6 Å². The van der Waals surface area contributed by atoms with Crippen molar-refractivity contribution in [2.45, 2.75) is 6.42 Å². The standard InChI is InChI=1S/C7H11N3O.2ClH/c1-10-7(11)5-2-3-8-4-6(5)9-10;;/h5,8H,2-4H2,1H3;2*1H. The van der Waals surface area contributed by atoms with Crippen molar-refractivity contribution in [3.8, 4) is 0 Å². The maximum absolute atomic E-state index is 11.3. The number of nitrogens with zero attached hydrogens (tertiary/aromatic N) is 2. The summed E-state index contributed by atoms with van der Waals surface area (Å²) in [5.41, 5.74) is 1.00. The van der Waals surface area contributed by atoms with E-state index in [0.29, 0.717) is 0 Å². The topological polar surface area (TPSA) is 44.7 Å². The first-order valence-electron chi connectivity index (χ1n) is 3.84. The Bertz CT molecular complexity index is 232. The molecule has 0 aliphatic carbocycles. The lowest BCUT2D eigenvalue weighted by Gasteiger charge is -2.17. The van der Waals surface area contributed by atoms with Crippen LogP contribution < -0.4 is 5.32 Å². The highest BCUT2D eigenvalue weighted by atomic mass is 35.5. The van der Waals surface area contributed by atoms with Crippen LogP contribution in [0, 0.1) is 5.92 Å². The molecule has 0 spiro atoms. The maximum Gasteiger partial charge on any atom is 0.251 e. The monoisotopic (exact) mass is 225 g/mol. The molecule has 0 saturated carbocycles. The van der Waals surface area contributed by atoms with Crippen molar-refractivity contribution < 1.29 is 4.79 Å². The molecule has 13 heavy (non-hydrogen) atoms. The summed E-state index contributed by atoms with van der Waals surface area (Å²) in [6.07, 6.45) is 0.905. The van der Waals surface area contributed by atoms with Gasteiger partial charge in [-0.25, -0.2) is 5.01 Å². The number of amides is 1. The Morgan fingerprint density at radius 3 is 2.85 bits per heavy atom. The van der Waals surface area contributed by atoms with Crippen LogP contribution in [0.1, 0.15) is 6.42 Å². The molecule has 6 heteroatoms. The fourth-order valence-electron chi connectivity index (χ4n) is 1.59. The molecule has 1 atom stereocenters. The van der Waals surface area contributed by atoms with Crippen LogP contribution in [-0.4, -0.2) is 36.8 Å². The van der Waals surface area contributed by atoms with Crippen LogP contribution in [0.5, 0.6) is 0 Å². The van der Waals surface area contributed by atoms with Crippen LogP contribution >= 0.6 is 24.8 Å². The lowest BCUT2D eigenvalue weighted by atomic mass is 9.96. The first-order valence-corrected chi connectivity index (χ1v) is 3.84. The third kappa shape index (κ3) is 2.13. The summed E-state index contributed by atoms with van der Waals surface area (Å²) in [5.74, 6) is 0.239.